The average molecular weight is 419 g/mol. The van der Waals surface area contributed by atoms with Crippen molar-refractivity contribution in [1.82, 2.24) is 4.31 Å². The van der Waals surface area contributed by atoms with Gasteiger partial charge in [-0.15, -0.1) is 0 Å². The first-order chi connectivity index (χ1) is 14.0. The molecule has 0 saturated carbocycles. The van der Waals surface area contributed by atoms with Crippen molar-refractivity contribution in [3.8, 4) is 5.75 Å². The monoisotopic (exact) mass is 418 g/mol. The highest BCUT2D eigenvalue weighted by Gasteiger charge is 2.25. The highest BCUT2D eigenvalue weighted by molar-refractivity contribution is 7.89. The second-order valence-corrected chi connectivity index (χ2v) is 8.72. The van der Waals surface area contributed by atoms with E-state index in [2.05, 4.69) is 5.32 Å². The molecule has 156 valence electrons. The van der Waals surface area contributed by atoms with E-state index < -0.39 is 10.0 Å². The molecule has 1 N–H and O–H groups in total. The van der Waals surface area contributed by atoms with Crippen LogP contribution in [0.5, 0.6) is 5.75 Å². The van der Waals surface area contributed by atoms with Crippen LogP contribution in [0.3, 0.4) is 0 Å². The summed E-state index contributed by atoms with van der Waals surface area (Å²) in [4.78, 5) is 12.9. The second kappa shape index (κ2) is 9.87. The second-order valence-electron chi connectivity index (χ2n) is 6.78. The quantitative estimate of drug-likeness (QED) is 0.666. The van der Waals surface area contributed by atoms with Crippen LogP contribution in [-0.2, 0) is 14.8 Å². The summed E-state index contributed by atoms with van der Waals surface area (Å²) in [6, 6.07) is 13.2. The summed E-state index contributed by atoms with van der Waals surface area (Å²) >= 11 is 0. The summed E-state index contributed by atoms with van der Waals surface area (Å²) in [5.41, 5.74) is 0.910. The van der Waals surface area contributed by atoms with Gasteiger partial charge in [-0.05, 0) is 49.2 Å². The van der Waals surface area contributed by atoms with Gasteiger partial charge >= 0.3 is 0 Å². The van der Waals surface area contributed by atoms with Crippen molar-refractivity contribution in [1.29, 1.82) is 0 Å². The van der Waals surface area contributed by atoms with E-state index in [1.165, 1.54) is 16.4 Å². The summed E-state index contributed by atoms with van der Waals surface area (Å²) in [5.74, 6) is 0.135. The van der Waals surface area contributed by atoms with Crippen LogP contribution < -0.4 is 10.1 Å². The zero-order valence-corrected chi connectivity index (χ0v) is 17.3. The van der Waals surface area contributed by atoms with Crippen molar-refractivity contribution < 1.29 is 22.7 Å². The molecule has 1 saturated heterocycles. The number of sulfonamides is 1. The van der Waals surface area contributed by atoms with Crippen LogP contribution in [0, 0.1) is 0 Å². The molecule has 8 heteroatoms. The molecule has 3 rings (SSSR count). The van der Waals surface area contributed by atoms with Crippen LogP contribution >= 0.6 is 0 Å². The molecule has 2 aromatic carbocycles. The molecule has 29 heavy (non-hydrogen) atoms. The molecule has 1 fully saturated rings. The van der Waals surface area contributed by atoms with Crippen LogP contribution in [-0.4, -0.2) is 52.0 Å². The molecular weight excluding hydrogens is 392 g/mol. The van der Waals surface area contributed by atoms with E-state index in [9.17, 15) is 13.2 Å². The summed E-state index contributed by atoms with van der Waals surface area (Å²) in [5, 5.41) is 2.79. The Kier molecular flexibility index (Phi) is 7.24. The number of methoxy groups -OCH3 is 1. The molecule has 7 nitrogen and oxygen atoms in total. The minimum absolute atomic E-state index is 0.237. The van der Waals surface area contributed by atoms with Gasteiger partial charge in [0, 0.05) is 25.9 Å². The maximum atomic E-state index is 12.7. The SMILES string of the molecule is COCCOc1ccccc1C(=O)Nc1ccc(S(=O)(=O)N2CCCCC2)cc1. The molecule has 2 aromatic rings. The lowest BCUT2D eigenvalue weighted by Gasteiger charge is -2.25. The number of benzene rings is 2. The van der Waals surface area contributed by atoms with E-state index in [4.69, 9.17) is 9.47 Å². The summed E-state index contributed by atoms with van der Waals surface area (Å²) < 4.78 is 37.5. The Balaban J connectivity index is 1.69. The number of anilines is 1. The first-order valence-corrected chi connectivity index (χ1v) is 11.1. The van der Waals surface area contributed by atoms with Gasteiger partial charge < -0.3 is 14.8 Å². The van der Waals surface area contributed by atoms with Gasteiger partial charge in [-0.3, -0.25) is 4.79 Å². The van der Waals surface area contributed by atoms with Crippen molar-refractivity contribution in [2.75, 3.05) is 38.7 Å². The van der Waals surface area contributed by atoms with Crippen LogP contribution in [0.4, 0.5) is 5.69 Å². The molecule has 0 aliphatic carbocycles. The number of carbonyl (C=O) groups is 1. The third-order valence-corrected chi connectivity index (χ3v) is 6.65. The molecule has 0 atom stereocenters. The Morgan fingerprint density at radius 1 is 1.00 bits per heavy atom. The van der Waals surface area contributed by atoms with E-state index in [-0.39, 0.29) is 10.8 Å². The lowest BCUT2D eigenvalue weighted by atomic mass is 10.2. The minimum Gasteiger partial charge on any atom is -0.490 e. The molecule has 0 aromatic heterocycles. The number of nitrogens with zero attached hydrogens (tertiary/aromatic N) is 1. The summed E-state index contributed by atoms with van der Waals surface area (Å²) in [7, 11) is -1.91. The number of rotatable bonds is 8. The molecule has 1 aliphatic heterocycles. The predicted molar refractivity (Wildman–Crippen MR) is 111 cm³/mol. The summed E-state index contributed by atoms with van der Waals surface area (Å²) in [6.45, 7) is 1.87. The Morgan fingerprint density at radius 2 is 1.69 bits per heavy atom. The molecule has 0 radical (unpaired) electrons. The van der Waals surface area contributed by atoms with E-state index in [0.29, 0.717) is 43.3 Å². The first kappa shape index (κ1) is 21.3. The van der Waals surface area contributed by atoms with Crippen molar-refractivity contribution in [2.45, 2.75) is 24.2 Å². The lowest BCUT2D eigenvalue weighted by molar-refractivity contribution is 0.101. The zero-order chi connectivity index (χ0) is 20.7. The number of para-hydroxylation sites is 1. The Labute approximate surface area is 171 Å². The number of piperidine rings is 1. The van der Waals surface area contributed by atoms with Gasteiger partial charge in [0.1, 0.15) is 12.4 Å². The van der Waals surface area contributed by atoms with Crippen LogP contribution in [0.2, 0.25) is 0 Å². The van der Waals surface area contributed by atoms with Gasteiger partial charge in [0.15, 0.2) is 0 Å². The van der Waals surface area contributed by atoms with E-state index in [1.54, 1.807) is 43.5 Å². The Bertz CT molecular complexity index is 922. The van der Waals surface area contributed by atoms with Crippen molar-refractivity contribution in [2.24, 2.45) is 0 Å². The smallest absolute Gasteiger partial charge is 0.259 e. The summed E-state index contributed by atoms with van der Waals surface area (Å²) in [6.07, 6.45) is 2.84. The first-order valence-electron chi connectivity index (χ1n) is 9.65. The normalized spacial score (nSPS) is 15.1. The average Bonchev–Trinajstić information content (AvgIpc) is 2.75. The zero-order valence-electron chi connectivity index (χ0n) is 16.5. The number of hydrogen-bond acceptors (Lipinski definition) is 5. The number of amides is 1. The number of carbonyl (C=O) groups excluding carboxylic acids is 1. The molecule has 1 amide bonds. The fourth-order valence-corrected chi connectivity index (χ4v) is 4.70. The van der Waals surface area contributed by atoms with Gasteiger partial charge in [0.05, 0.1) is 17.1 Å². The fourth-order valence-electron chi connectivity index (χ4n) is 3.18. The molecule has 0 spiro atoms. The molecule has 1 heterocycles. The van der Waals surface area contributed by atoms with Crippen molar-refractivity contribution in [3.63, 3.8) is 0 Å². The van der Waals surface area contributed by atoms with E-state index in [1.807, 2.05) is 0 Å². The van der Waals surface area contributed by atoms with E-state index in [0.717, 1.165) is 19.3 Å². The third kappa shape index (κ3) is 5.35. The molecule has 0 bridgehead atoms. The highest BCUT2D eigenvalue weighted by Crippen LogP contribution is 2.23. The van der Waals surface area contributed by atoms with E-state index >= 15 is 0 Å². The Hall–Kier alpha value is -2.42. The number of ether oxygens (including phenoxy) is 2. The maximum absolute atomic E-state index is 12.7. The van der Waals surface area contributed by atoms with Gasteiger partial charge in [-0.2, -0.15) is 4.31 Å². The maximum Gasteiger partial charge on any atom is 0.259 e. The van der Waals surface area contributed by atoms with Gasteiger partial charge in [-0.1, -0.05) is 18.6 Å². The molecule has 0 unspecified atom stereocenters. The van der Waals surface area contributed by atoms with Gasteiger partial charge in [-0.25, -0.2) is 8.42 Å². The van der Waals surface area contributed by atoms with Crippen LogP contribution in [0.25, 0.3) is 0 Å². The van der Waals surface area contributed by atoms with Crippen LogP contribution in [0.15, 0.2) is 53.4 Å². The van der Waals surface area contributed by atoms with Gasteiger partial charge in [0.2, 0.25) is 10.0 Å². The Morgan fingerprint density at radius 3 is 2.38 bits per heavy atom. The largest absolute Gasteiger partial charge is 0.490 e. The highest BCUT2D eigenvalue weighted by atomic mass is 32.2. The number of nitrogens with one attached hydrogen (secondary N) is 1. The van der Waals surface area contributed by atoms with Crippen LogP contribution in [0.1, 0.15) is 29.6 Å². The molecule has 1 aliphatic rings. The topological polar surface area (TPSA) is 84.9 Å². The predicted octanol–water partition coefficient (Wildman–Crippen LogP) is 3.14. The third-order valence-electron chi connectivity index (χ3n) is 4.74. The molecular formula is C21H26N2O5S. The fraction of sp³-hybridized carbons (Fsp3) is 0.381. The number of hydrogen-bond donors (Lipinski definition) is 1. The minimum atomic E-state index is -3.49. The standard InChI is InChI=1S/C21H26N2O5S/c1-27-15-16-28-20-8-4-3-7-19(20)21(24)22-17-9-11-18(12-10-17)29(25,26)23-13-5-2-6-14-23/h3-4,7-12H,2,5-6,13-16H2,1H3,(H,22,24). The van der Waals surface area contributed by atoms with Crippen molar-refractivity contribution >= 4 is 21.6 Å². The van der Waals surface area contributed by atoms with Crippen molar-refractivity contribution in [3.05, 3.63) is 54.1 Å². The van der Waals surface area contributed by atoms with Gasteiger partial charge in [0.25, 0.3) is 5.91 Å². The lowest BCUT2D eigenvalue weighted by Crippen LogP contribution is -2.35.